The van der Waals surface area contributed by atoms with E-state index in [9.17, 15) is 9.90 Å². The maximum atomic E-state index is 13.4. The molecule has 2 fully saturated rings. The molecular formula is C31H33NO3. The smallest absolute Gasteiger partial charge is 0.410 e. The molecule has 1 N–H and O–H groups in total. The summed E-state index contributed by atoms with van der Waals surface area (Å²) in [4.78, 5) is 15.3. The lowest BCUT2D eigenvalue weighted by atomic mass is 9.79. The van der Waals surface area contributed by atoms with Crippen molar-refractivity contribution in [1.82, 2.24) is 4.90 Å². The van der Waals surface area contributed by atoms with Gasteiger partial charge in [-0.15, -0.1) is 0 Å². The molecule has 35 heavy (non-hydrogen) atoms. The summed E-state index contributed by atoms with van der Waals surface area (Å²) in [6.07, 6.45) is 2.73. The SMILES string of the molecule is CC(C)c1cccc(C2(O)CC3CCC(C2)N3C(=O)OCC2c3ccccc3-c3ccccc32)c1. The third-order valence-electron chi connectivity index (χ3n) is 8.40. The molecule has 0 spiro atoms. The van der Waals surface area contributed by atoms with Crippen LogP contribution in [0.1, 0.15) is 73.6 Å². The lowest BCUT2D eigenvalue weighted by molar-refractivity contribution is -0.0531. The first-order valence-corrected chi connectivity index (χ1v) is 12.9. The van der Waals surface area contributed by atoms with Crippen molar-refractivity contribution in [2.24, 2.45) is 0 Å². The fraction of sp³-hybridized carbons (Fsp3) is 0.387. The molecule has 180 valence electrons. The van der Waals surface area contributed by atoms with Crippen LogP contribution in [0.2, 0.25) is 0 Å². The Morgan fingerprint density at radius 1 is 0.943 bits per heavy atom. The van der Waals surface area contributed by atoms with E-state index in [0.717, 1.165) is 18.4 Å². The molecule has 4 heteroatoms. The molecule has 2 unspecified atom stereocenters. The molecule has 2 heterocycles. The predicted octanol–water partition coefficient (Wildman–Crippen LogP) is 6.57. The number of hydrogen-bond acceptors (Lipinski definition) is 3. The number of piperidine rings is 1. The molecule has 6 rings (SSSR count). The summed E-state index contributed by atoms with van der Waals surface area (Å²) in [5, 5.41) is 11.7. The zero-order chi connectivity index (χ0) is 24.2. The number of fused-ring (bicyclic) bond motifs is 5. The van der Waals surface area contributed by atoms with Crippen molar-refractivity contribution in [3.8, 4) is 11.1 Å². The van der Waals surface area contributed by atoms with Crippen molar-refractivity contribution < 1.29 is 14.6 Å². The molecule has 2 atom stereocenters. The lowest BCUT2D eigenvalue weighted by Gasteiger charge is -2.43. The van der Waals surface area contributed by atoms with E-state index in [1.807, 2.05) is 17.0 Å². The Balaban J connectivity index is 1.18. The number of hydrogen-bond donors (Lipinski definition) is 1. The van der Waals surface area contributed by atoms with Gasteiger partial charge in [-0.05, 0) is 52.1 Å². The summed E-state index contributed by atoms with van der Waals surface area (Å²) < 4.78 is 5.99. The Morgan fingerprint density at radius 2 is 1.54 bits per heavy atom. The van der Waals surface area contributed by atoms with Gasteiger partial charge >= 0.3 is 6.09 Å². The highest BCUT2D eigenvalue weighted by Gasteiger charge is 2.50. The minimum absolute atomic E-state index is 0.0112. The minimum Gasteiger partial charge on any atom is -0.448 e. The van der Waals surface area contributed by atoms with E-state index in [2.05, 4.69) is 74.5 Å². The van der Waals surface area contributed by atoms with Crippen LogP contribution < -0.4 is 0 Å². The highest BCUT2D eigenvalue weighted by Crippen LogP contribution is 2.47. The molecule has 1 amide bonds. The van der Waals surface area contributed by atoms with E-state index in [4.69, 9.17) is 4.74 Å². The van der Waals surface area contributed by atoms with E-state index >= 15 is 0 Å². The first-order chi connectivity index (χ1) is 16.9. The molecule has 1 aliphatic carbocycles. The summed E-state index contributed by atoms with van der Waals surface area (Å²) in [6.45, 7) is 4.68. The Morgan fingerprint density at radius 3 is 2.14 bits per heavy atom. The van der Waals surface area contributed by atoms with Crippen LogP contribution in [-0.4, -0.2) is 34.8 Å². The molecule has 3 aromatic carbocycles. The number of amides is 1. The van der Waals surface area contributed by atoms with Crippen LogP contribution in [0.3, 0.4) is 0 Å². The van der Waals surface area contributed by atoms with Gasteiger partial charge in [-0.2, -0.15) is 0 Å². The summed E-state index contributed by atoms with van der Waals surface area (Å²) in [7, 11) is 0. The molecule has 0 radical (unpaired) electrons. The van der Waals surface area contributed by atoms with Crippen molar-refractivity contribution in [3.63, 3.8) is 0 Å². The average Bonchev–Trinajstić information content (AvgIpc) is 3.34. The Bertz CT molecular complexity index is 1210. The molecule has 4 nitrogen and oxygen atoms in total. The summed E-state index contributed by atoms with van der Waals surface area (Å²) in [5.41, 5.74) is 6.24. The first-order valence-electron chi connectivity index (χ1n) is 12.9. The molecular weight excluding hydrogens is 434 g/mol. The van der Waals surface area contributed by atoms with Gasteiger partial charge in [-0.1, -0.05) is 86.6 Å². The molecule has 0 aromatic heterocycles. The third kappa shape index (κ3) is 3.75. The van der Waals surface area contributed by atoms with Crippen LogP contribution in [0.5, 0.6) is 0 Å². The number of carbonyl (C=O) groups is 1. The third-order valence-corrected chi connectivity index (χ3v) is 8.40. The molecule has 2 bridgehead atoms. The Hall–Kier alpha value is -3.11. The van der Waals surface area contributed by atoms with Gasteiger partial charge in [0, 0.05) is 30.8 Å². The van der Waals surface area contributed by atoms with Gasteiger partial charge in [0.2, 0.25) is 0 Å². The highest BCUT2D eigenvalue weighted by molar-refractivity contribution is 5.79. The fourth-order valence-corrected chi connectivity index (χ4v) is 6.61. The molecule has 0 saturated carbocycles. The van der Waals surface area contributed by atoms with Crippen molar-refractivity contribution in [3.05, 3.63) is 95.1 Å². The Kier molecular flexibility index (Phi) is 5.45. The minimum atomic E-state index is -0.892. The largest absolute Gasteiger partial charge is 0.448 e. The number of ether oxygens (including phenoxy) is 1. The van der Waals surface area contributed by atoms with Crippen molar-refractivity contribution in [2.75, 3.05) is 6.61 Å². The van der Waals surface area contributed by atoms with Crippen molar-refractivity contribution in [2.45, 2.75) is 69.1 Å². The van der Waals surface area contributed by atoms with Crippen molar-refractivity contribution in [1.29, 1.82) is 0 Å². The van der Waals surface area contributed by atoms with Gasteiger partial charge in [0.25, 0.3) is 0 Å². The van der Waals surface area contributed by atoms with Crippen LogP contribution in [0.25, 0.3) is 11.1 Å². The van der Waals surface area contributed by atoms with Crippen LogP contribution >= 0.6 is 0 Å². The van der Waals surface area contributed by atoms with Gasteiger partial charge in [0.1, 0.15) is 6.61 Å². The van der Waals surface area contributed by atoms with E-state index in [1.54, 1.807) is 0 Å². The number of nitrogens with zero attached hydrogens (tertiary/aromatic N) is 1. The normalized spacial score (nSPS) is 25.0. The summed E-state index contributed by atoms with van der Waals surface area (Å²) in [6, 6.07) is 25.2. The zero-order valence-electron chi connectivity index (χ0n) is 20.5. The Labute approximate surface area is 207 Å². The average molecular weight is 468 g/mol. The molecule has 3 aliphatic rings. The van der Waals surface area contributed by atoms with E-state index < -0.39 is 5.60 Å². The van der Waals surface area contributed by atoms with Gasteiger partial charge in [0.05, 0.1) is 5.60 Å². The maximum absolute atomic E-state index is 13.4. The molecule has 2 aliphatic heterocycles. The fourth-order valence-electron chi connectivity index (χ4n) is 6.61. The molecule has 3 aromatic rings. The second-order valence-corrected chi connectivity index (χ2v) is 10.8. The van der Waals surface area contributed by atoms with Crippen LogP contribution in [-0.2, 0) is 10.3 Å². The highest BCUT2D eigenvalue weighted by atomic mass is 16.6. The van der Waals surface area contributed by atoms with Crippen molar-refractivity contribution >= 4 is 6.09 Å². The first kappa shape index (κ1) is 22.4. The summed E-state index contributed by atoms with van der Waals surface area (Å²) in [5.74, 6) is 0.473. The van der Waals surface area contributed by atoms with Crippen LogP contribution in [0, 0.1) is 0 Å². The van der Waals surface area contributed by atoms with Gasteiger partial charge in [-0.3, -0.25) is 0 Å². The summed E-state index contributed by atoms with van der Waals surface area (Å²) >= 11 is 0. The second-order valence-electron chi connectivity index (χ2n) is 10.8. The number of benzene rings is 3. The van der Waals surface area contributed by atoms with Gasteiger partial charge < -0.3 is 14.7 Å². The number of aliphatic hydroxyl groups is 1. The van der Waals surface area contributed by atoms with Gasteiger partial charge in [0.15, 0.2) is 0 Å². The number of carbonyl (C=O) groups excluding carboxylic acids is 1. The standard InChI is InChI=1S/C31H33NO3/c1-20(2)21-8-7-9-22(16-21)31(34)17-23-14-15-24(18-31)32(23)30(33)35-19-29-27-12-5-3-10-25(27)26-11-4-6-13-28(26)29/h3-13,16,20,23-24,29,34H,14-15,17-19H2,1-2H3. The maximum Gasteiger partial charge on any atom is 0.410 e. The zero-order valence-corrected chi connectivity index (χ0v) is 20.5. The monoisotopic (exact) mass is 467 g/mol. The van der Waals surface area contributed by atoms with Gasteiger partial charge in [-0.25, -0.2) is 4.79 Å². The van der Waals surface area contributed by atoms with Crippen LogP contribution in [0.4, 0.5) is 4.79 Å². The quantitative estimate of drug-likeness (QED) is 0.472. The van der Waals surface area contributed by atoms with E-state index in [0.29, 0.717) is 25.4 Å². The lowest BCUT2D eigenvalue weighted by Crippen LogP contribution is -2.52. The molecule has 2 saturated heterocycles. The van der Waals surface area contributed by atoms with E-state index in [-0.39, 0.29) is 24.1 Å². The van der Waals surface area contributed by atoms with E-state index in [1.165, 1.54) is 27.8 Å². The second kappa shape index (κ2) is 8.53. The predicted molar refractivity (Wildman–Crippen MR) is 137 cm³/mol. The number of rotatable bonds is 4. The van der Waals surface area contributed by atoms with Crippen LogP contribution in [0.15, 0.2) is 72.8 Å². The topological polar surface area (TPSA) is 49.8 Å².